The number of benzene rings is 1. The first-order valence-corrected chi connectivity index (χ1v) is 3.49. The van der Waals surface area contributed by atoms with Crippen LogP contribution in [0.4, 0.5) is 0 Å². The zero-order chi connectivity index (χ0) is 7.40. The summed E-state index contributed by atoms with van der Waals surface area (Å²) in [6.45, 7) is 5.77. The predicted octanol–water partition coefficient (Wildman–Crippen LogP) is 4.00. The predicted molar refractivity (Wildman–Crippen MR) is 58.5 cm³/mol. The Morgan fingerprint density at radius 1 is 1.17 bits per heavy atom. The molecule has 0 heteroatoms. The van der Waals surface area contributed by atoms with Crippen molar-refractivity contribution >= 4 is 0 Å². The second kappa shape index (κ2) is 6.66. The first-order valence-electron chi connectivity index (χ1n) is 3.49. The average molecular weight is 164 g/mol. The lowest BCUT2D eigenvalue weighted by molar-refractivity contribution is 1.26. The Labute approximate surface area is 76.9 Å². The number of hydrogen-bond donors (Lipinski definition) is 0. The van der Waals surface area contributed by atoms with Gasteiger partial charge in [-0.2, -0.15) is 0 Å². The molecule has 0 aliphatic heterocycles. The standard InChI is InChI=1S/C10H12.2CH4/c1-3-4-10-7-5-9(2)6-8-10;;/h3,5-8H,1,4H2,2H3;2*1H4. The number of hydrogen-bond acceptors (Lipinski definition) is 0. The normalized spacial score (nSPS) is 7.75. The fourth-order valence-corrected chi connectivity index (χ4v) is 0.891. The van der Waals surface area contributed by atoms with Gasteiger partial charge in [-0.3, -0.25) is 0 Å². The summed E-state index contributed by atoms with van der Waals surface area (Å²) in [5.74, 6) is 0. The summed E-state index contributed by atoms with van der Waals surface area (Å²) in [4.78, 5) is 0. The van der Waals surface area contributed by atoms with E-state index >= 15 is 0 Å². The van der Waals surface area contributed by atoms with Crippen LogP contribution in [0, 0.1) is 6.92 Å². The van der Waals surface area contributed by atoms with E-state index in [1.807, 2.05) is 6.08 Å². The van der Waals surface area contributed by atoms with E-state index in [1.54, 1.807) is 0 Å². The molecule has 0 spiro atoms. The molecule has 0 radical (unpaired) electrons. The summed E-state index contributed by atoms with van der Waals surface area (Å²) in [5.41, 5.74) is 2.65. The van der Waals surface area contributed by atoms with E-state index in [0.717, 1.165) is 6.42 Å². The van der Waals surface area contributed by atoms with E-state index in [1.165, 1.54) is 11.1 Å². The van der Waals surface area contributed by atoms with E-state index in [9.17, 15) is 0 Å². The molecule has 68 valence electrons. The van der Waals surface area contributed by atoms with Crippen molar-refractivity contribution in [1.29, 1.82) is 0 Å². The summed E-state index contributed by atoms with van der Waals surface area (Å²) in [6.07, 6.45) is 2.89. The maximum Gasteiger partial charge on any atom is -0.0100 e. The van der Waals surface area contributed by atoms with E-state index in [-0.39, 0.29) is 14.9 Å². The third-order valence-corrected chi connectivity index (χ3v) is 1.50. The van der Waals surface area contributed by atoms with Gasteiger partial charge in [0.15, 0.2) is 0 Å². The average Bonchev–Trinajstić information content (AvgIpc) is 1.95. The SMILES string of the molecule is C.C.C=CCc1ccc(C)cc1. The summed E-state index contributed by atoms with van der Waals surface area (Å²) >= 11 is 0. The molecule has 0 atom stereocenters. The van der Waals surface area contributed by atoms with Crippen molar-refractivity contribution in [2.24, 2.45) is 0 Å². The van der Waals surface area contributed by atoms with Crippen LogP contribution in [0.3, 0.4) is 0 Å². The molecule has 0 saturated heterocycles. The molecule has 0 unspecified atom stereocenters. The van der Waals surface area contributed by atoms with Crippen LogP contribution >= 0.6 is 0 Å². The minimum Gasteiger partial charge on any atom is -0.103 e. The lowest BCUT2D eigenvalue weighted by Gasteiger charge is -1.95. The van der Waals surface area contributed by atoms with Crippen LogP contribution in [0.5, 0.6) is 0 Å². The van der Waals surface area contributed by atoms with Crippen LogP contribution in [0.15, 0.2) is 36.9 Å². The van der Waals surface area contributed by atoms with Crippen molar-refractivity contribution in [3.63, 3.8) is 0 Å². The van der Waals surface area contributed by atoms with Crippen LogP contribution in [0.2, 0.25) is 0 Å². The first-order chi connectivity index (χ1) is 4.83. The molecule has 1 aromatic rings. The molecule has 1 rings (SSSR count). The van der Waals surface area contributed by atoms with E-state index < -0.39 is 0 Å². The van der Waals surface area contributed by atoms with Gasteiger partial charge in [0.2, 0.25) is 0 Å². The summed E-state index contributed by atoms with van der Waals surface area (Å²) in [6, 6.07) is 8.52. The van der Waals surface area contributed by atoms with Crippen molar-refractivity contribution in [3.8, 4) is 0 Å². The molecular weight excluding hydrogens is 144 g/mol. The summed E-state index contributed by atoms with van der Waals surface area (Å²) < 4.78 is 0. The second-order valence-electron chi connectivity index (χ2n) is 2.48. The molecule has 0 fully saturated rings. The van der Waals surface area contributed by atoms with Gasteiger partial charge in [-0.1, -0.05) is 50.8 Å². The number of allylic oxidation sites excluding steroid dienone is 1. The quantitative estimate of drug-likeness (QED) is 0.580. The molecule has 0 saturated carbocycles. The van der Waals surface area contributed by atoms with Gasteiger partial charge >= 0.3 is 0 Å². The highest BCUT2D eigenvalue weighted by molar-refractivity contribution is 5.22. The fraction of sp³-hybridized carbons (Fsp3) is 0.333. The molecule has 0 aliphatic carbocycles. The van der Waals surface area contributed by atoms with Gasteiger partial charge in [-0.05, 0) is 18.9 Å². The summed E-state index contributed by atoms with van der Waals surface area (Å²) in [5, 5.41) is 0. The lowest BCUT2D eigenvalue weighted by Crippen LogP contribution is -1.79. The second-order valence-corrected chi connectivity index (χ2v) is 2.48. The first kappa shape index (κ1) is 13.5. The third-order valence-electron chi connectivity index (χ3n) is 1.50. The molecule has 0 heterocycles. The highest BCUT2D eigenvalue weighted by atomic mass is 13.9. The van der Waals surface area contributed by atoms with Gasteiger partial charge in [0.25, 0.3) is 0 Å². The molecule has 0 N–H and O–H groups in total. The van der Waals surface area contributed by atoms with Crippen molar-refractivity contribution < 1.29 is 0 Å². The summed E-state index contributed by atoms with van der Waals surface area (Å²) in [7, 11) is 0. The maximum atomic E-state index is 3.68. The van der Waals surface area contributed by atoms with Gasteiger partial charge in [0.1, 0.15) is 0 Å². The Kier molecular flexibility index (Phi) is 7.51. The van der Waals surface area contributed by atoms with Crippen LogP contribution < -0.4 is 0 Å². The molecule has 12 heavy (non-hydrogen) atoms. The smallest absolute Gasteiger partial charge is 0.0100 e. The molecule has 0 aliphatic rings. The van der Waals surface area contributed by atoms with E-state index in [2.05, 4.69) is 37.8 Å². The Hall–Kier alpha value is -1.04. The lowest BCUT2D eigenvalue weighted by atomic mass is 10.1. The molecule has 0 nitrogen and oxygen atoms in total. The van der Waals surface area contributed by atoms with Gasteiger partial charge in [-0.25, -0.2) is 0 Å². The molecule has 0 bridgehead atoms. The Bertz CT molecular complexity index is 206. The largest absolute Gasteiger partial charge is 0.103 e. The van der Waals surface area contributed by atoms with Gasteiger partial charge in [0.05, 0.1) is 0 Å². The Morgan fingerprint density at radius 2 is 1.67 bits per heavy atom. The van der Waals surface area contributed by atoms with Crippen LogP contribution in [0.25, 0.3) is 0 Å². The van der Waals surface area contributed by atoms with Gasteiger partial charge in [0, 0.05) is 0 Å². The number of aryl methyl sites for hydroxylation is 1. The van der Waals surface area contributed by atoms with Crippen molar-refractivity contribution in [3.05, 3.63) is 48.0 Å². The number of rotatable bonds is 2. The minimum absolute atomic E-state index is 0. The van der Waals surface area contributed by atoms with E-state index in [0.29, 0.717) is 0 Å². The fourth-order valence-electron chi connectivity index (χ4n) is 0.891. The maximum absolute atomic E-state index is 3.68. The van der Waals surface area contributed by atoms with E-state index in [4.69, 9.17) is 0 Å². The third kappa shape index (κ3) is 3.97. The highest BCUT2D eigenvalue weighted by Crippen LogP contribution is 2.03. The van der Waals surface area contributed by atoms with Crippen molar-refractivity contribution in [2.45, 2.75) is 28.2 Å². The van der Waals surface area contributed by atoms with Crippen molar-refractivity contribution in [1.82, 2.24) is 0 Å². The molecular formula is C12H20. The van der Waals surface area contributed by atoms with Crippen molar-refractivity contribution in [2.75, 3.05) is 0 Å². The van der Waals surface area contributed by atoms with Crippen LogP contribution in [-0.4, -0.2) is 0 Å². The Balaban J connectivity index is 0. The topological polar surface area (TPSA) is 0 Å². The molecule has 1 aromatic carbocycles. The highest BCUT2D eigenvalue weighted by Gasteiger charge is 1.86. The van der Waals surface area contributed by atoms with Gasteiger partial charge in [-0.15, -0.1) is 6.58 Å². The molecule has 0 aromatic heterocycles. The molecule has 0 amide bonds. The monoisotopic (exact) mass is 164 g/mol. The van der Waals surface area contributed by atoms with Gasteiger partial charge < -0.3 is 0 Å². The Morgan fingerprint density at radius 3 is 2.08 bits per heavy atom. The zero-order valence-electron chi connectivity index (χ0n) is 6.30. The minimum atomic E-state index is 0. The zero-order valence-corrected chi connectivity index (χ0v) is 6.30. The van der Waals surface area contributed by atoms with Crippen LogP contribution in [0.1, 0.15) is 26.0 Å². The van der Waals surface area contributed by atoms with Crippen LogP contribution in [-0.2, 0) is 6.42 Å².